The number of aliphatic imine (C=N–C) groups is 1. The first-order valence-electron chi connectivity index (χ1n) is 13.8. The van der Waals surface area contributed by atoms with Gasteiger partial charge >= 0.3 is 0 Å². The molecule has 0 spiro atoms. The van der Waals surface area contributed by atoms with Crippen molar-refractivity contribution in [1.82, 2.24) is 4.90 Å². The molecule has 1 fully saturated rings. The number of benzene rings is 1. The number of nitriles is 1. The molecule has 0 saturated heterocycles. The predicted molar refractivity (Wildman–Crippen MR) is 158 cm³/mol. The maximum atomic E-state index is 14.2. The zero-order chi connectivity index (χ0) is 29.4. The number of hydrogen-bond donors (Lipinski definition) is 1. The number of aliphatic hydroxyl groups is 1. The SMILES string of the molecule is C=C(/C=N\C(=C/C)N(CC1CCC[C@](C)(CN(/C=C\CC)c2cc(C#N)c(F)cc2C)C1)C(C)=O)C(C)(C)O. The highest BCUT2D eigenvalue weighted by Gasteiger charge is 2.35. The molecule has 0 aromatic heterocycles. The number of amides is 1. The van der Waals surface area contributed by atoms with E-state index in [4.69, 9.17) is 0 Å². The van der Waals surface area contributed by atoms with Gasteiger partial charge in [-0.3, -0.25) is 9.69 Å². The van der Waals surface area contributed by atoms with Crippen molar-refractivity contribution < 1.29 is 14.3 Å². The van der Waals surface area contributed by atoms with Gasteiger partial charge in [-0.25, -0.2) is 9.38 Å². The van der Waals surface area contributed by atoms with E-state index >= 15 is 0 Å². The van der Waals surface area contributed by atoms with Gasteiger partial charge in [0, 0.05) is 38.1 Å². The molecule has 2 atom stereocenters. The van der Waals surface area contributed by atoms with Gasteiger partial charge in [0.15, 0.2) is 0 Å². The van der Waals surface area contributed by atoms with E-state index in [1.54, 1.807) is 37.8 Å². The van der Waals surface area contributed by atoms with E-state index in [0.717, 1.165) is 49.9 Å². The summed E-state index contributed by atoms with van der Waals surface area (Å²) in [5.74, 6) is 0.231. The second-order valence-corrected chi connectivity index (χ2v) is 11.5. The number of aryl methyl sites for hydroxylation is 1. The summed E-state index contributed by atoms with van der Waals surface area (Å²) < 4.78 is 14.2. The molecule has 0 radical (unpaired) electrons. The van der Waals surface area contributed by atoms with E-state index in [0.29, 0.717) is 17.9 Å². The fourth-order valence-corrected chi connectivity index (χ4v) is 5.18. The van der Waals surface area contributed by atoms with Gasteiger partial charge in [0.1, 0.15) is 17.7 Å². The minimum Gasteiger partial charge on any atom is -0.386 e. The van der Waals surface area contributed by atoms with E-state index < -0.39 is 11.4 Å². The van der Waals surface area contributed by atoms with Gasteiger partial charge in [-0.15, -0.1) is 0 Å². The Bertz CT molecular complexity index is 1170. The van der Waals surface area contributed by atoms with Crippen molar-refractivity contribution in [2.24, 2.45) is 16.3 Å². The largest absolute Gasteiger partial charge is 0.386 e. The van der Waals surface area contributed by atoms with Crippen molar-refractivity contribution in [1.29, 1.82) is 5.26 Å². The van der Waals surface area contributed by atoms with Crippen LogP contribution in [0.3, 0.4) is 0 Å². The Morgan fingerprint density at radius 2 is 2.10 bits per heavy atom. The molecule has 7 heteroatoms. The zero-order valence-electron chi connectivity index (χ0n) is 24.7. The minimum absolute atomic E-state index is 0.0426. The second-order valence-electron chi connectivity index (χ2n) is 11.5. The summed E-state index contributed by atoms with van der Waals surface area (Å²) in [5, 5.41) is 19.6. The first-order valence-corrected chi connectivity index (χ1v) is 13.8. The second kappa shape index (κ2) is 13.7. The highest BCUT2D eigenvalue weighted by atomic mass is 19.1. The summed E-state index contributed by atoms with van der Waals surface area (Å²) in [6.45, 7) is 18.1. The van der Waals surface area contributed by atoms with Crippen LogP contribution in [0.15, 0.2) is 53.5 Å². The third kappa shape index (κ3) is 8.90. The molecule has 6 nitrogen and oxygen atoms in total. The van der Waals surface area contributed by atoms with E-state index in [1.807, 2.05) is 26.1 Å². The van der Waals surface area contributed by atoms with Crippen LogP contribution in [0.5, 0.6) is 0 Å². The van der Waals surface area contributed by atoms with Crippen LogP contribution in [-0.2, 0) is 4.79 Å². The van der Waals surface area contributed by atoms with E-state index in [1.165, 1.54) is 12.3 Å². The summed E-state index contributed by atoms with van der Waals surface area (Å²) in [6.07, 6.45) is 12.3. The topological polar surface area (TPSA) is 79.9 Å². The van der Waals surface area contributed by atoms with Crippen LogP contribution >= 0.6 is 0 Å². The molecule has 1 aliphatic rings. The summed E-state index contributed by atoms with van der Waals surface area (Å²) in [6, 6.07) is 5.04. The molecule has 1 amide bonds. The van der Waals surface area contributed by atoms with E-state index in [-0.39, 0.29) is 22.8 Å². The van der Waals surface area contributed by atoms with Gasteiger partial charge in [0.25, 0.3) is 0 Å². The molecular weight excluding hydrogens is 491 g/mol. The van der Waals surface area contributed by atoms with Crippen molar-refractivity contribution >= 4 is 17.8 Å². The molecule has 0 heterocycles. The molecule has 1 unspecified atom stereocenters. The lowest BCUT2D eigenvalue weighted by Crippen LogP contribution is -2.41. The quantitative estimate of drug-likeness (QED) is 0.308. The van der Waals surface area contributed by atoms with Crippen LogP contribution in [-0.4, -0.2) is 40.8 Å². The predicted octanol–water partition coefficient (Wildman–Crippen LogP) is 7.04. The Morgan fingerprint density at radius 1 is 1.41 bits per heavy atom. The van der Waals surface area contributed by atoms with Crippen LogP contribution in [0.1, 0.15) is 84.8 Å². The standard InChI is InChI=1S/C32H45FN4O2/c1-9-11-15-36(29-17-27(19-34)28(33)16-23(29)3)22-32(8)14-12-13-26(18-32)21-37(25(5)38)30(10-2)35-20-24(4)31(6,7)39/h10-11,15-17,20,26,39H,4,9,12-14,18,21-22H2,1-3,5-8H3/b15-11-,30-10+,35-20-/t26?,32-/m0/s1. The third-order valence-electron chi connectivity index (χ3n) is 7.46. The Kier molecular flexibility index (Phi) is 11.2. The van der Waals surface area contributed by atoms with Gasteiger partial charge in [-0.2, -0.15) is 5.26 Å². The fourth-order valence-electron chi connectivity index (χ4n) is 5.18. The number of carbonyl (C=O) groups is 1. The Morgan fingerprint density at radius 3 is 2.67 bits per heavy atom. The molecule has 1 aromatic rings. The number of rotatable bonds is 11. The van der Waals surface area contributed by atoms with Crippen LogP contribution in [0.4, 0.5) is 10.1 Å². The monoisotopic (exact) mass is 536 g/mol. The molecule has 1 aromatic carbocycles. The first-order chi connectivity index (χ1) is 18.2. The van der Waals surface area contributed by atoms with Gasteiger partial charge in [0.2, 0.25) is 5.91 Å². The highest BCUT2D eigenvalue weighted by molar-refractivity contribution is 5.82. The maximum Gasteiger partial charge on any atom is 0.225 e. The average molecular weight is 537 g/mol. The summed E-state index contributed by atoms with van der Waals surface area (Å²) >= 11 is 0. The number of allylic oxidation sites excluding steroid dienone is 2. The molecule has 212 valence electrons. The van der Waals surface area contributed by atoms with Crippen molar-refractivity contribution in [3.8, 4) is 6.07 Å². The molecule has 1 aliphatic carbocycles. The zero-order valence-corrected chi connectivity index (χ0v) is 24.7. The van der Waals surface area contributed by atoms with Crippen molar-refractivity contribution in [3.05, 3.63) is 65.4 Å². The lowest BCUT2D eigenvalue weighted by Gasteiger charge is -2.42. The normalized spacial score (nSPS) is 20.3. The molecule has 2 rings (SSSR count). The molecule has 1 N–H and O–H groups in total. The number of hydrogen-bond acceptors (Lipinski definition) is 5. The number of anilines is 1. The first kappa shape index (κ1) is 32.0. The van der Waals surface area contributed by atoms with E-state index in [9.17, 15) is 19.6 Å². The van der Waals surface area contributed by atoms with Crippen molar-refractivity contribution in [3.63, 3.8) is 0 Å². The number of nitrogens with zero attached hydrogens (tertiary/aromatic N) is 4. The lowest BCUT2D eigenvalue weighted by molar-refractivity contribution is -0.127. The van der Waals surface area contributed by atoms with Crippen molar-refractivity contribution in [2.75, 3.05) is 18.0 Å². The molecule has 0 bridgehead atoms. The molecule has 39 heavy (non-hydrogen) atoms. The van der Waals surface area contributed by atoms with Gasteiger partial charge < -0.3 is 10.0 Å². The molecule has 1 saturated carbocycles. The van der Waals surface area contributed by atoms with Crippen LogP contribution in [0, 0.1) is 35.4 Å². The smallest absolute Gasteiger partial charge is 0.225 e. The van der Waals surface area contributed by atoms with Gasteiger partial charge in [0.05, 0.1) is 11.2 Å². The Hall–Kier alpha value is -3.24. The lowest BCUT2D eigenvalue weighted by atomic mass is 9.70. The summed E-state index contributed by atoms with van der Waals surface area (Å²) in [7, 11) is 0. The number of halogens is 1. The van der Waals surface area contributed by atoms with Gasteiger partial charge in [-0.05, 0) is 94.1 Å². The number of carbonyl (C=O) groups excluding carboxylic acids is 1. The minimum atomic E-state index is -1.09. The average Bonchev–Trinajstić information content (AvgIpc) is 2.85. The molecule has 0 aliphatic heterocycles. The summed E-state index contributed by atoms with van der Waals surface area (Å²) in [5.41, 5.74) is 0.987. The van der Waals surface area contributed by atoms with Crippen molar-refractivity contribution in [2.45, 2.75) is 86.2 Å². The third-order valence-corrected chi connectivity index (χ3v) is 7.46. The highest BCUT2D eigenvalue weighted by Crippen LogP contribution is 2.42. The van der Waals surface area contributed by atoms with Crippen LogP contribution < -0.4 is 4.90 Å². The van der Waals surface area contributed by atoms with E-state index in [2.05, 4.69) is 36.4 Å². The Labute approximate surface area is 234 Å². The molecular formula is C32H45FN4O2. The Balaban J connectivity index is 2.29. The fraction of sp³-hybridized carbons (Fsp3) is 0.531. The maximum absolute atomic E-state index is 14.2. The van der Waals surface area contributed by atoms with Crippen LogP contribution in [0.2, 0.25) is 0 Å². The van der Waals surface area contributed by atoms with Crippen LogP contribution in [0.25, 0.3) is 0 Å². The summed E-state index contributed by atoms with van der Waals surface area (Å²) in [4.78, 5) is 21.0. The van der Waals surface area contributed by atoms with Gasteiger partial charge in [-0.1, -0.05) is 32.9 Å².